The number of rotatable bonds is 1. The summed E-state index contributed by atoms with van der Waals surface area (Å²) in [5.74, 6) is -2.58. The van der Waals surface area contributed by atoms with Crippen LogP contribution in [0.25, 0.3) is 0 Å². The molecule has 1 N–H and O–H groups in total. The number of hydrogen-bond donors (Lipinski definition) is 1. The zero-order chi connectivity index (χ0) is 9.47. The maximum atomic E-state index is 12.8. The van der Waals surface area contributed by atoms with Crippen LogP contribution in [0, 0.1) is 3.95 Å². The first kappa shape index (κ1) is 9.01. The Morgan fingerprint density at radius 3 is 2.85 bits per heavy atom. The first-order valence-electron chi connectivity index (χ1n) is 3.75. The summed E-state index contributed by atoms with van der Waals surface area (Å²) in [6.07, 6.45) is -0.0979. The maximum absolute atomic E-state index is 12.8. The van der Waals surface area contributed by atoms with Gasteiger partial charge in [0, 0.05) is 13.0 Å². The highest BCUT2D eigenvalue weighted by molar-refractivity contribution is 7.73. The Balaban J connectivity index is 2.17. The number of alkyl halides is 2. The average molecular weight is 223 g/mol. The molecule has 1 aromatic heterocycles. The van der Waals surface area contributed by atoms with E-state index in [2.05, 4.69) is 10.2 Å². The molecule has 0 amide bonds. The van der Waals surface area contributed by atoms with Crippen molar-refractivity contribution in [3.05, 3.63) is 3.95 Å². The molecule has 13 heavy (non-hydrogen) atoms. The van der Waals surface area contributed by atoms with Gasteiger partial charge in [-0.25, -0.2) is 8.78 Å². The van der Waals surface area contributed by atoms with Crippen LogP contribution in [0.15, 0.2) is 0 Å². The molecular weight excluding hydrogens is 216 g/mol. The van der Waals surface area contributed by atoms with E-state index in [4.69, 9.17) is 12.2 Å². The van der Waals surface area contributed by atoms with Gasteiger partial charge in [-0.2, -0.15) is 0 Å². The number of nitrogens with zero attached hydrogens (tertiary/aromatic N) is 2. The third kappa shape index (κ3) is 1.86. The minimum Gasteiger partial charge on any atom is -0.340 e. The van der Waals surface area contributed by atoms with Crippen molar-refractivity contribution in [3.63, 3.8) is 0 Å². The maximum Gasteiger partial charge on any atom is 0.267 e. The lowest BCUT2D eigenvalue weighted by molar-refractivity contribution is 0.0257. The molecule has 0 bridgehead atoms. The van der Waals surface area contributed by atoms with Gasteiger partial charge in [0.25, 0.3) is 5.92 Å². The summed E-state index contributed by atoms with van der Waals surface area (Å²) < 4.78 is 26.1. The van der Waals surface area contributed by atoms with Crippen LogP contribution >= 0.6 is 23.6 Å². The SMILES string of the molecule is FC1(F)CCN(c2n[nH]c(=S)s2)C1. The molecule has 72 valence electrons. The van der Waals surface area contributed by atoms with Crippen LogP contribution in [-0.2, 0) is 0 Å². The van der Waals surface area contributed by atoms with E-state index in [1.165, 1.54) is 11.3 Å². The lowest BCUT2D eigenvalue weighted by Gasteiger charge is -2.12. The summed E-state index contributed by atoms with van der Waals surface area (Å²) in [6, 6.07) is 0. The Labute approximate surface area is 82.4 Å². The Hall–Kier alpha value is -0.560. The van der Waals surface area contributed by atoms with Crippen LogP contribution < -0.4 is 4.90 Å². The van der Waals surface area contributed by atoms with Crippen LogP contribution in [0.2, 0.25) is 0 Å². The zero-order valence-electron chi connectivity index (χ0n) is 6.59. The Kier molecular flexibility index (Phi) is 2.07. The van der Waals surface area contributed by atoms with Crippen molar-refractivity contribution in [2.45, 2.75) is 12.3 Å². The third-order valence-corrected chi connectivity index (χ3v) is 3.02. The zero-order valence-corrected chi connectivity index (χ0v) is 8.22. The molecule has 0 radical (unpaired) electrons. The molecule has 1 aliphatic heterocycles. The molecule has 1 aromatic rings. The molecule has 1 saturated heterocycles. The summed E-state index contributed by atoms with van der Waals surface area (Å²) in [6.45, 7) is 0.103. The number of anilines is 1. The molecule has 1 fully saturated rings. The minimum atomic E-state index is -2.58. The Bertz CT molecular complexity index is 359. The normalized spacial score (nSPS) is 20.9. The third-order valence-electron chi connectivity index (χ3n) is 1.87. The lowest BCUT2D eigenvalue weighted by Crippen LogP contribution is -2.24. The van der Waals surface area contributed by atoms with Crippen LogP contribution in [0.4, 0.5) is 13.9 Å². The predicted octanol–water partition coefficient (Wildman–Crippen LogP) is 2.05. The van der Waals surface area contributed by atoms with Gasteiger partial charge in [0.2, 0.25) is 5.13 Å². The standard InChI is InChI=1S/C6H7F2N3S2/c7-6(8)1-2-11(3-6)4-9-10-5(12)13-4/h1-3H2,(H,10,12). The lowest BCUT2D eigenvalue weighted by atomic mass is 10.3. The highest BCUT2D eigenvalue weighted by Crippen LogP contribution is 2.31. The van der Waals surface area contributed by atoms with E-state index in [0.717, 1.165) is 0 Å². The molecule has 3 nitrogen and oxygen atoms in total. The number of halogens is 2. The topological polar surface area (TPSA) is 31.9 Å². The van der Waals surface area contributed by atoms with Crippen LogP contribution in [0.3, 0.4) is 0 Å². The average Bonchev–Trinajstić information content (AvgIpc) is 2.56. The van der Waals surface area contributed by atoms with Crippen molar-refractivity contribution in [2.75, 3.05) is 18.0 Å². The predicted molar refractivity (Wildman–Crippen MR) is 49.1 cm³/mol. The van der Waals surface area contributed by atoms with Gasteiger partial charge >= 0.3 is 0 Å². The number of H-pyrrole nitrogens is 1. The van der Waals surface area contributed by atoms with Crippen molar-refractivity contribution in [2.24, 2.45) is 0 Å². The fourth-order valence-electron chi connectivity index (χ4n) is 1.26. The monoisotopic (exact) mass is 223 g/mol. The van der Waals surface area contributed by atoms with Crippen LogP contribution in [0.1, 0.15) is 6.42 Å². The fourth-order valence-corrected chi connectivity index (χ4v) is 2.16. The largest absolute Gasteiger partial charge is 0.340 e. The molecule has 0 unspecified atom stereocenters. The van der Waals surface area contributed by atoms with E-state index in [-0.39, 0.29) is 13.0 Å². The van der Waals surface area contributed by atoms with Gasteiger partial charge in [-0.05, 0) is 12.2 Å². The molecule has 0 aliphatic carbocycles. The second kappa shape index (κ2) is 2.98. The molecule has 0 atom stereocenters. The first-order valence-corrected chi connectivity index (χ1v) is 4.98. The minimum absolute atomic E-state index is 0.0979. The first-order chi connectivity index (χ1) is 6.07. The summed E-state index contributed by atoms with van der Waals surface area (Å²) in [5, 5.41) is 6.97. The van der Waals surface area contributed by atoms with Crippen LogP contribution in [-0.4, -0.2) is 29.2 Å². The van der Waals surface area contributed by atoms with Gasteiger partial charge in [0.05, 0.1) is 6.54 Å². The van der Waals surface area contributed by atoms with Crippen LogP contribution in [0.5, 0.6) is 0 Å². The van der Waals surface area contributed by atoms with Gasteiger partial charge in [0.1, 0.15) is 0 Å². The van der Waals surface area contributed by atoms with Gasteiger partial charge in [0.15, 0.2) is 3.95 Å². The van der Waals surface area contributed by atoms with Crippen molar-refractivity contribution in [3.8, 4) is 0 Å². The molecule has 0 saturated carbocycles. The van der Waals surface area contributed by atoms with Crippen molar-refractivity contribution < 1.29 is 8.78 Å². The molecule has 1 aliphatic rings. The quantitative estimate of drug-likeness (QED) is 0.739. The summed E-state index contributed by atoms with van der Waals surface area (Å²) in [5.41, 5.74) is 0. The number of aromatic amines is 1. The molecular formula is C6H7F2N3S2. The Morgan fingerprint density at radius 1 is 1.62 bits per heavy atom. The molecule has 2 rings (SSSR count). The van der Waals surface area contributed by atoms with E-state index in [1.54, 1.807) is 4.90 Å². The van der Waals surface area contributed by atoms with Gasteiger partial charge in [-0.1, -0.05) is 11.3 Å². The van der Waals surface area contributed by atoms with Crippen molar-refractivity contribution in [1.82, 2.24) is 10.2 Å². The van der Waals surface area contributed by atoms with E-state index < -0.39 is 5.92 Å². The summed E-state index contributed by atoms with van der Waals surface area (Å²) in [4.78, 5) is 1.55. The second-order valence-electron chi connectivity index (χ2n) is 2.92. The van der Waals surface area contributed by atoms with E-state index >= 15 is 0 Å². The van der Waals surface area contributed by atoms with Crippen molar-refractivity contribution in [1.29, 1.82) is 0 Å². The highest BCUT2D eigenvalue weighted by atomic mass is 32.1. The number of aromatic nitrogens is 2. The van der Waals surface area contributed by atoms with E-state index in [0.29, 0.717) is 15.6 Å². The van der Waals surface area contributed by atoms with Gasteiger partial charge in [-0.15, -0.1) is 5.10 Å². The van der Waals surface area contributed by atoms with E-state index in [1.807, 2.05) is 0 Å². The van der Waals surface area contributed by atoms with Gasteiger partial charge < -0.3 is 4.90 Å². The summed E-state index contributed by atoms with van der Waals surface area (Å²) in [7, 11) is 0. The number of hydrogen-bond acceptors (Lipinski definition) is 4. The Morgan fingerprint density at radius 2 is 2.38 bits per heavy atom. The number of nitrogens with one attached hydrogen (secondary N) is 1. The highest BCUT2D eigenvalue weighted by Gasteiger charge is 2.39. The fraction of sp³-hybridized carbons (Fsp3) is 0.667. The smallest absolute Gasteiger partial charge is 0.267 e. The molecule has 0 aromatic carbocycles. The van der Waals surface area contributed by atoms with Gasteiger partial charge in [-0.3, -0.25) is 5.10 Å². The second-order valence-corrected chi connectivity index (χ2v) is 4.57. The molecule has 2 heterocycles. The molecule has 0 spiro atoms. The molecule has 7 heteroatoms. The van der Waals surface area contributed by atoms with E-state index in [9.17, 15) is 8.78 Å². The summed E-state index contributed by atoms with van der Waals surface area (Å²) >= 11 is 6.04. The van der Waals surface area contributed by atoms with Crippen molar-refractivity contribution >= 4 is 28.7 Å².